The van der Waals surface area contributed by atoms with E-state index in [2.05, 4.69) is 55.4 Å². The van der Waals surface area contributed by atoms with E-state index in [1.54, 1.807) is 0 Å². The maximum Gasteiger partial charge on any atom is 0.314 e. The van der Waals surface area contributed by atoms with Crippen LogP contribution in [-0.2, 0) is 19.1 Å². The lowest BCUT2D eigenvalue weighted by Crippen LogP contribution is -2.70. The minimum Gasteiger partial charge on any atom is -0.481 e. The molecule has 0 saturated heterocycles. The molecule has 0 radical (unpaired) electrons. The molecule has 212 valence electrons. The monoisotopic (exact) mass is 526 g/mol. The summed E-state index contributed by atoms with van der Waals surface area (Å²) in [5.74, 6) is -0.269. The van der Waals surface area contributed by atoms with Gasteiger partial charge in [-0.3, -0.25) is 14.4 Å². The van der Waals surface area contributed by atoms with Gasteiger partial charge in [-0.05, 0) is 102 Å². The normalized spacial score (nSPS) is 47.6. The molecule has 5 heteroatoms. The number of rotatable bonds is 3. The van der Waals surface area contributed by atoms with Crippen LogP contribution in [0, 0.1) is 50.2 Å². The number of carboxylic acid groups (broad SMARTS) is 1. The van der Waals surface area contributed by atoms with Crippen molar-refractivity contribution >= 4 is 17.7 Å². The molecule has 5 aliphatic carbocycles. The summed E-state index contributed by atoms with van der Waals surface area (Å²) in [6, 6.07) is 0. The highest BCUT2D eigenvalue weighted by Crippen LogP contribution is 2.81. The number of esters is 1. The Morgan fingerprint density at radius 2 is 1.47 bits per heavy atom. The molecule has 0 heterocycles. The molecule has 0 aromatic heterocycles. The molecular weight excluding hydrogens is 476 g/mol. The minimum atomic E-state index is -1.00. The van der Waals surface area contributed by atoms with E-state index in [1.807, 2.05) is 0 Å². The lowest BCUT2D eigenvalue weighted by Gasteiger charge is -2.76. The van der Waals surface area contributed by atoms with E-state index in [-0.39, 0.29) is 63.2 Å². The van der Waals surface area contributed by atoms with Crippen molar-refractivity contribution in [3.05, 3.63) is 11.1 Å². The molecule has 4 fully saturated rings. The molecule has 0 bridgehead atoms. The van der Waals surface area contributed by atoms with Gasteiger partial charge in [0.2, 0.25) is 0 Å². The van der Waals surface area contributed by atoms with Crippen molar-refractivity contribution in [2.45, 2.75) is 126 Å². The number of carbonyl (C=O) groups excluding carboxylic acids is 2. The van der Waals surface area contributed by atoms with Crippen molar-refractivity contribution < 1.29 is 24.2 Å². The number of Topliss-reactive ketones (excluding diaryl/α,β-unsaturated/α-hetero) is 1. The molecule has 0 spiro atoms. The molecule has 0 aromatic carbocycles. The number of aliphatic carboxylic acids is 1. The second-order valence-electron chi connectivity index (χ2n) is 15.6. The fourth-order valence-corrected chi connectivity index (χ4v) is 11.7. The van der Waals surface area contributed by atoms with Crippen molar-refractivity contribution in [2.75, 3.05) is 0 Å². The summed E-state index contributed by atoms with van der Waals surface area (Å²) in [4.78, 5) is 38.2. The summed E-state index contributed by atoms with van der Waals surface area (Å²) < 4.78 is 5.89. The van der Waals surface area contributed by atoms with Crippen LogP contribution < -0.4 is 0 Å². The molecule has 38 heavy (non-hydrogen) atoms. The van der Waals surface area contributed by atoms with E-state index in [4.69, 9.17) is 4.74 Å². The molecule has 0 aliphatic heterocycles. The highest BCUT2D eigenvalue weighted by molar-refractivity contribution is 6.05. The van der Waals surface area contributed by atoms with Crippen LogP contribution in [0.1, 0.15) is 120 Å². The highest BCUT2D eigenvalue weighted by atomic mass is 16.5. The highest BCUT2D eigenvalue weighted by Gasteiger charge is 2.75. The Balaban J connectivity index is 1.62. The standard InChI is InChI=1S/C33H50O5/c1-19(2)25-22(35)18-33(27(36)37)17-16-29(6)21(26(25)33)10-14-32(9)30(7)13-12-24(38-20(3)34)28(4,5)23(30)11-15-31(29,32)8/h19,21,23-24H,10-18H2,1-9H3,(H,36,37)/t21?,23-,24-,29+,30-,31-,32+,33+/m0/s1. The average molecular weight is 527 g/mol. The van der Waals surface area contributed by atoms with E-state index < -0.39 is 11.4 Å². The third-order valence-electron chi connectivity index (χ3n) is 14.1. The number of hydrogen-bond acceptors (Lipinski definition) is 4. The van der Waals surface area contributed by atoms with E-state index in [9.17, 15) is 19.5 Å². The van der Waals surface area contributed by atoms with Crippen molar-refractivity contribution in [3.63, 3.8) is 0 Å². The Hall–Kier alpha value is -1.65. The molecule has 5 aliphatic rings. The van der Waals surface area contributed by atoms with Gasteiger partial charge in [0.25, 0.3) is 0 Å². The second-order valence-corrected chi connectivity index (χ2v) is 15.6. The lowest BCUT2D eigenvalue weighted by molar-refractivity contribution is -0.277. The van der Waals surface area contributed by atoms with Gasteiger partial charge in [-0.1, -0.05) is 55.4 Å². The lowest BCUT2D eigenvalue weighted by atomic mass is 9.28. The van der Waals surface area contributed by atoms with E-state index in [1.165, 1.54) is 6.92 Å². The van der Waals surface area contributed by atoms with Crippen LogP contribution in [0.3, 0.4) is 0 Å². The smallest absolute Gasteiger partial charge is 0.314 e. The Labute approximate surface area is 229 Å². The number of hydrogen-bond donors (Lipinski definition) is 1. The predicted octanol–water partition coefficient (Wildman–Crippen LogP) is 7.37. The topological polar surface area (TPSA) is 80.7 Å². The van der Waals surface area contributed by atoms with Gasteiger partial charge in [-0.15, -0.1) is 0 Å². The van der Waals surface area contributed by atoms with Crippen LogP contribution in [0.15, 0.2) is 11.1 Å². The van der Waals surface area contributed by atoms with Crippen molar-refractivity contribution in [3.8, 4) is 0 Å². The summed E-state index contributed by atoms with van der Waals surface area (Å²) in [6.07, 6.45) is 7.64. The first-order valence-electron chi connectivity index (χ1n) is 15.1. The Morgan fingerprint density at radius 1 is 0.868 bits per heavy atom. The summed E-state index contributed by atoms with van der Waals surface area (Å²) in [7, 11) is 0. The van der Waals surface area contributed by atoms with Crippen molar-refractivity contribution in [1.82, 2.24) is 0 Å². The van der Waals surface area contributed by atoms with E-state index in [0.29, 0.717) is 12.3 Å². The van der Waals surface area contributed by atoms with Gasteiger partial charge in [0.1, 0.15) is 6.10 Å². The van der Waals surface area contributed by atoms with Gasteiger partial charge in [0.05, 0.1) is 5.41 Å². The average Bonchev–Trinajstić information content (AvgIpc) is 3.11. The summed E-state index contributed by atoms with van der Waals surface area (Å²) >= 11 is 0. The summed E-state index contributed by atoms with van der Waals surface area (Å²) in [6.45, 7) is 20.3. The Morgan fingerprint density at radius 3 is 2.05 bits per heavy atom. The van der Waals surface area contributed by atoms with Gasteiger partial charge in [-0.25, -0.2) is 0 Å². The summed E-state index contributed by atoms with van der Waals surface area (Å²) in [5.41, 5.74) is 0.848. The molecule has 8 atom stereocenters. The van der Waals surface area contributed by atoms with Gasteiger partial charge in [0.15, 0.2) is 5.78 Å². The third kappa shape index (κ3) is 3.08. The van der Waals surface area contributed by atoms with Crippen LogP contribution >= 0.6 is 0 Å². The van der Waals surface area contributed by atoms with Crippen LogP contribution in [0.4, 0.5) is 0 Å². The first-order valence-corrected chi connectivity index (χ1v) is 15.1. The van der Waals surface area contributed by atoms with Crippen LogP contribution in [0.5, 0.6) is 0 Å². The first kappa shape index (κ1) is 27.9. The van der Waals surface area contributed by atoms with Gasteiger partial charge in [0, 0.05) is 18.8 Å². The van der Waals surface area contributed by atoms with Gasteiger partial charge < -0.3 is 9.84 Å². The van der Waals surface area contributed by atoms with Crippen molar-refractivity contribution in [2.24, 2.45) is 50.2 Å². The van der Waals surface area contributed by atoms with Gasteiger partial charge in [-0.2, -0.15) is 0 Å². The van der Waals surface area contributed by atoms with E-state index in [0.717, 1.165) is 56.1 Å². The van der Waals surface area contributed by atoms with E-state index >= 15 is 0 Å². The van der Waals surface area contributed by atoms with Crippen molar-refractivity contribution in [1.29, 1.82) is 0 Å². The number of allylic oxidation sites excluding steroid dienone is 1. The zero-order valence-corrected chi connectivity index (χ0v) is 25.3. The largest absolute Gasteiger partial charge is 0.481 e. The zero-order valence-electron chi connectivity index (χ0n) is 25.3. The fourth-order valence-electron chi connectivity index (χ4n) is 11.7. The number of fused-ring (bicyclic) bond motifs is 7. The molecular formula is C33H50O5. The zero-order chi connectivity index (χ0) is 28.3. The number of carboxylic acids is 1. The predicted molar refractivity (Wildman–Crippen MR) is 147 cm³/mol. The molecule has 1 N–H and O–H groups in total. The molecule has 5 rings (SSSR count). The van der Waals surface area contributed by atoms with Crippen LogP contribution in [0.2, 0.25) is 0 Å². The first-order chi connectivity index (χ1) is 17.4. The Bertz CT molecular complexity index is 1120. The van der Waals surface area contributed by atoms with Gasteiger partial charge >= 0.3 is 11.9 Å². The quantitative estimate of drug-likeness (QED) is 0.388. The Kier molecular flexibility index (Phi) is 6.02. The van der Waals surface area contributed by atoms with Crippen LogP contribution in [0.25, 0.3) is 0 Å². The summed E-state index contributed by atoms with van der Waals surface area (Å²) in [5, 5.41) is 10.6. The maximum absolute atomic E-state index is 13.4. The molecule has 0 amide bonds. The molecule has 4 saturated carbocycles. The molecule has 1 unspecified atom stereocenters. The molecule has 5 nitrogen and oxygen atoms in total. The second kappa shape index (κ2) is 8.19. The SMILES string of the molecule is CC(=O)O[C@H]1CC[C@@]2(C)[C@@H](CC[C@]3(C)[C@]2(C)CCC2C4=C(C(C)C)C(=O)C[C@]4(C(=O)O)CC[C@]23C)C1(C)C. The van der Waals surface area contributed by atoms with Crippen LogP contribution in [-0.4, -0.2) is 28.9 Å². The maximum atomic E-state index is 13.4. The minimum absolute atomic E-state index is 0.0178. The third-order valence-corrected chi connectivity index (χ3v) is 14.1. The fraction of sp³-hybridized carbons (Fsp3) is 0.848. The molecule has 0 aromatic rings. The number of ketones is 1. The number of carbonyl (C=O) groups is 3. The number of ether oxygens (including phenoxy) is 1.